The van der Waals surface area contributed by atoms with Gasteiger partial charge >= 0.3 is 0 Å². The fourth-order valence-corrected chi connectivity index (χ4v) is 2.98. The summed E-state index contributed by atoms with van der Waals surface area (Å²) in [6.45, 7) is 1.70. The third-order valence-corrected chi connectivity index (χ3v) is 4.44. The summed E-state index contributed by atoms with van der Waals surface area (Å²) in [5.41, 5.74) is 0.269. The SMILES string of the molecule is COC(CC(C)(O)C1(C#N)Cc2ccccc2C1)OC. The van der Waals surface area contributed by atoms with E-state index >= 15 is 0 Å². The van der Waals surface area contributed by atoms with Gasteiger partial charge < -0.3 is 14.6 Å². The number of methoxy groups -OCH3 is 2. The van der Waals surface area contributed by atoms with E-state index in [0.717, 1.165) is 11.1 Å². The van der Waals surface area contributed by atoms with E-state index in [-0.39, 0.29) is 6.42 Å². The molecule has 0 saturated heterocycles. The number of benzene rings is 1. The van der Waals surface area contributed by atoms with Crippen molar-refractivity contribution in [1.29, 1.82) is 5.26 Å². The van der Waals surface area contributed by atoms with Gasteiger partial charge in [0, 0.05) is 20.6 Å². The molecule has 108 valence electrons. The summed E-state index contributed by atoms with van der Waals surface area (Å²) in [5.74, 6) is 0. The van der Waals surface area contributed by atoms with Crippen molar-refractivity contribution in [3.8, 4) is 6.07 Å². The van der Waals surface area contributed by atoms with E-state index in [1.165, 1.54) is 14.2 Å². The summed E-state index contributed by atoms with van der Waals surface area (Å²) in [6, 6.07) is 10.3. The number of ether oxygens (including phenoxy) is 2. The fourth-order valence-electron chi connectivity index (χ4n) is 2.98. The number of aliphatic hydroxyl groups is 1. The number of hydrogen-bond donors (Lipinski definition) is 1. The summed E-state index contributed by atoms with van der Waals surface area (Å²) in [5, 5.41) is 20.6. The molecule has 1 N–H and O–H groups in total. The van der Waals surface area contributed by atoms with Crippen LogP contribution < -0.4 is 0 Å². The van der Waals surface area contributed by atoms with Gasteiger partial charge in [0.05, 0.1) is 17.1 Å². The van der Waals surface area contributed by atoms with Crippen LogP contribution in [0, 0.1) is 16.7 Å². The zero-order chi connectivity index (χ0) is 14.8. The van der Waals surface area contributed by atoms with Crippen LogP contribution in [0.3, 0.4) is 0 Å². The predicted octanol–water partition coefficient (Wildman–Crippen LogP) is 2.06. The largest absolute Gasteiger partial charge is 0.388 e. The molecule has 1 aliphatic carbocycles. The second kappa shape index (κ2) is 5.53. The Morgan fingerprint density at radius 2 is 1.80 bits per heavy atom. The highest BCUT2D eigenvalue weighted by Crippen LogP contribution is 2.46. The summed E-state index contributed by atoms with van der Waals surface area (Å²) in [6.07, 6.45) is 0.875. The van der Waals surface area contributed by atoms with Gasteiger partial charge in [-0.15, -0.1) is 0 Å². The normalized spacial score (nSPS) is 19.4. The Balaban J connectivity index is 2.28. The first-order valence-corrected chi connectivity index (χ1v) is 6.74. The van der Waals surface area contributed by atoms with Crippen molar-refractivity contribution < 1.29 is 14.6 Å². The van der Waals surface area contributed by atoms with Crippen LogP contribution in [-0.4, -0.2) is 31.2 Å². The van der Waals surface area contributed by atoms with Crippen LogP contribution in [0.5, 0.6) is 0 Å². The molecule has 0 fully saturated rings. The number of nitriles is 1. The van der Waals surface area contributed by atoms with Crippen molar-refractivity contribution in [2.24, 2.45) is 5.41 Å². The van der Waals surface area contributed by atoms with Crippen LogP contribution >= 0.6 is 0 Å². The standard InChI is InChI=1S/C16H21NO3/c1-15(18,10-14(19-2)20-3)16(11-17)8-12-6-4-5-7-13(12)9-16/h4-7,14,18H,8-10H2,1-3H3. The highest BCUT2D eigenvalue weighted by Gasteiger charge is 2.52. The minimum atomic E-state index is -1.18. The lowest BCUT2D eigenvalue weighted by molar-refractivity contribution is -0.160. The van der Waals surface area contributed by atoms with Crippen LogP contribution in [0.2, 0.25) is 0 Å². The van der Waals surface area contributed by atoms with Crippen LogP contribution in [0.15, 0.2) is 24.3 Å². The Bertz CT molecular complexity index is 490. The molecular formula is C16H21NO3. The van der Waals surface area contributed by atoms with Gasteiger partial charge in [0.2, 0.25) is 0 Å². The maximum absolute atomic E-state index is 10.9. The quantitative estimate of drug-likeness (QED) is 0.835. The number of fused-ring (bicyclic) bond motifs is 1. The molecule has 1 aliphatic rings. The van der Waals surface area contributed by atoms with Gasteiger partial charge in [-0.1, -0.05) is 24.3 Å². The molecule has 2 rings (SSSR count). The molecule has 1 atom stereocenters. The molecule has 0 aromatic heterocycles. The number of hydrogen-bond acceptors (Lipinski definition) is 4. The predicted molar refractivity (Wildman–Crippen MR) is 74.9 cm³/mol. The van der Waals surface area contributed by atoms with E-state index in [9.17, 15) is 10.4 Å². The maximum Gasteiger partial charge on any atom is 0.159 e. The minimum Gasteiger partial charge on any atom is -0.388 e. The molecule has 20 heavy (non-hydrogen) atoms. The van der Waals surface area contributed by atoms with E-state index < -0.39 is 17.3 Å². The first-order valence-electron chi connectivity index (χ1n) is 6.74. The molecule has 4 nitrogen and oxygen atoms in total. The van der Waals surface area contributed by atoms with Crippen molar-refractivity contribution in [2.75, 3.05) is 14.2 Å². The molecule has 1 aromatic carbocycles. The van der Waals surface area contributed by atoms with Crippen molar-refractivity contribution in [2.45, 2.75) is 38.1 Å². The van der Waals surface area contributed by atoms with Crippen molar-refractivity contribution in [3.63, 3.8) is 0 Å². The van der Waals surface area contributed by atoms with Gasteiger partial charge in [0.15, 0.2) is 6.29 Å². The van der Waals surface area contributed by atoms with Gasteiger partial charge in [-0.2, -0.15) is 5.26 Å². The van der Waals surface area contributed by atoms with Crippen LogP contribution in [-0.2, 0) is 22.3 Å². The third-order valence-electron chi connectivity index (χ3n) is 4.44. The van der Waals surface area contributed by atoms with Gasteiger partial charge in [-0.05, 0) is 30.9 Å². The topological polar surface area (TPSA) is 62.5 Å². The summed E-state index contributed by atoms with van der Waals surface area (Å²) < 4.78 is 10.3. The van der Waals surface area contributed by atoms with Crippen LogP contribution in [0.25, 0.3) is 0 Å². The third kappa shape index (κ3) is 2.45. The molecule has 0 saturated carbocycles. The average molecular weight is 275 g/mol. The zero-order valence-electron chi connectivity index (χ0n) is 12.2. The molecule has 1 unspecified atom stereocenters. The Labute approximate surface area is 119 Å². The van der Waals surface area contributed by atoms with E-state index in [0.29, 0.717) is 12.8 Å². The summed E-state index contributed by atoms with van der Waals surface area (Å²) >= 11 is 0. The Morgan fingerprint density at radius 3 is 2.20 bits per heavy atom. The maximum atomic E-state index is 10.9. The zero-order valence-corrected chi connectivity index (χ0v) is 12.2. The lowest BCUT2D eigenvalue weighted by Crippen LogP contribution is -2.48. The Kier molecular flexibility index (Phi) is 4.14. The van der Waals surface area contributed by atoms with Crippen molar-refractivity contribution in [3.05, 3.63) is 35.4 Å². The second-order valence-electron chi connectivity index (χ2n) is 5.70. The minimum absolute atomic E-state index is 0.265. The van der Waals surface area contributed by atoms with Crippen molar-refractivity contribution >= 4 is 0 Å². The summed E-state index contributed by atoms with van der Waals surface area (Å²) in [4.78, 5) is 0. The van der Waals surface area contributed by atoms with E-state index in [1.807, 2.05) is 24.3 Å². The lowest BCUT2D eigenvalue weighted by atomic mass is 9.70. The van der Waals surface area contributed by atoms with Gasteiger partial charge in [0.25, 0.3) is 0 Å². The molecule has 0 heterocycles. The smallest absolute Gasteiger partial charge is 0.159 e. The Hall–Kier alpha value is -1.41. The van der Waals surface area contributed by atoms with Crippen molar-refractivity contribution in [1.82, 2.24) is 0 Å². The first kappa shape index (κ1) is 15.0. The van der Waals surface area contributed by atoms with Gasteiger partial charge in [0.1, 0.15) is 0 Å². The first-order chi connectivity index (χ1) is 9.48. The average Bonchev–Trinajstić information content (AvgIpc) is 2.85. The van der Waals surface area contributed by atoms with E-state index in [4.69, 9.17) is 9.47 Å². The molecule has 0 radical (unpaired) electrons. The second-order valence-corrected chi connectivity index (χ2v) is 5.70. The molecule has 0 aliphatic heterocycles. The monoisotopic (exact) mass is 275 g/mol. The van der Waals surface area contributed by atoms with Gasteiger partial charge in [-0.3, -0.25) is 0 Å². The Morgan fingerprint density at radius 1 is 1.30 bits per heavy atom. The highest BCUT2D eigenvalue weighted by molar-refractivity contribution is 5.39. The summed E-state index contributed by atoms with van der Waals surface area (Å²) in [7, 11) is 3.07. The number of nitrogens with zero attached hydrogens (tertiary/aromatic N) is 1. The highest BCUT2D eigenvalue weighted by atomic mass is 16.7. The molecule has 4 heteroatoms. The van der Waals surface area contributed by atoms with Crippen LogP contribution in [0.4, 0.5) is 0 Å². The van der Waals surface area contributed by atoms with Gasteiger partial charge in [-0.25, -0.2) is 0 Å². The van der Waals surface area contributed by atoms with Crippen LogP contribution in [0.1, 0.15) is 24.5 Å². The fraction of sp³-hybridized carbons (Fsp3) is 0.562. The van der Waals surface area contributed by atoms with E-state index in [2.05, 4.69) is 6.07 Å². The molecule has 1 aromatic rings. The molecule has 0 bridgehead atoms. The lowest BCUT2D eigenvalue weighted by Gasteiger charge is -2.39. The number of rotatable bonds is 5. The van der Waals surface area contributed by atoms with E-state index in [1.54, 1.807) is 6.92 Å². The molecular weight excluding hydrogens is 254 g/mol. The molecule has 0 amide bonds. The molecule has 0 spiro atoms.